The highest BCUT2D eigenvalue weighted by atomic mass is 28.4. The Kier molecular flexibility index (Phi) is 10.8. The largest absolute Gasteiger partial charge is 0.518 e. The number of hydrogen-bond donors (Lipinski definition) is 0. The van der Waals surface area contributed by atoms with Crippen LogP contribution in [-0.4, -0.2) is 42.8 Å². The molecule has 30 heavy (non-hydrogen) atoms. The second-order valence-corrected chi connectivity index (χ2v) is 19.7. The Morgan fingerprint density at radius 1 is 0.933 bits per heavy atom. The highest BCUT2D eigenvalue weighted by molar-refractivity contribution is 6.78. The highest BCUT2D eigenvalue weighted by Crippen LogP contribution is 2.42. The van der Waals surface area contributed by atoms with Crippen LogP contribution < -0.4 is 4.90 Å². The van der Waals surface area contributed by atoms with E-state index in [1.54, 1.807) is 0 Å². The van der Waals surface area contributed by atoms with E-state index >= 15 is 0 Å². The lowest BCUT2D eigenvalue weighted by molar-refractivity contribution is -0.135. The van der Waals surface area contributed by atoms with Crippen molar-refractivity contribution in [3.8, 4) is 0 Å². The fourth-order valence-corrected chi connectivity index (χ4v) is 11.1. The van der Waals surface area contributed by atoms with Gasteiger partial charge in [0.05, 0.1) is 6.42 Å². The molecule has 0 saturated heterocycles. The van der Waals surface area contributed by atoms with Gasteiger partial charge in [-0.25, -0.2) is 0 Å². The van der Waals surface area contributed by atoms with Crippen molar-refractivity contribution in [2.75, 3.05) is 25.1 Å². The molecule has 1 rings (SSSR count). The molecule has 0 heterocycles. The maximum atomic E-state index is 13.0. The monoisotopic (exact) mass is 451 g/mol. The van der Waals surface area contributed by atoms with Gasteiger partial charge >= 0.3 is 0 Å². The molecule has 0 spiro atoms. The van der Waals surface area contributed by atoms with Crippen LogP contribution in [0.4, 0.5) is 5.69 Å². The van der Waals surface area contributed by atoms with Gasteiger partial charge in [-0.3, -0.25) is 4.79 Å². The Morgan fingerprint density at radius 2 is 1.47 bits per heavy atom. The fourth-order valence-electron chi connectivity index (χ4n) is 4.63. The summed E-state index contributed by atoms with van der Waals surface area (Å²) in [6.07, 6.45) is 1.50. The maximum absolute atomic E-state index is 13.0. The molecular weight excluding hydrogens is 406 g/mol. The average molecular weight is 452 g/mol. The summed E-state index contributed by atoms with van der Waals surface area (Å²) in [4.78, 5) is 15.3. The Morgan fingerprint density at radius 3 is 1.93 bits per heavy atom. The molecular formula is C24H45NO3Si2. The van der Waals surface area contributed by atoms with Crippen molar-refractivity contribution in [3.63, 3.8) is 0 Å². The van der Waals surface area contributed by atoms with Crippen LogP contribution in [0.3, 0.4) is 0 Å². The van der Waals surface area contributed by atoms with E-state index in [0.717, 1.165) is 19.0 Å². The number of carbonyl (C=O) groups excluding carboxylic acids is 1. The lowest BCUT2D eigenvalue weighted by Gasteiger charge is -2.41. The van der Waals surface area contributed by atoms with Crippen molar-refractivity contribution in [1.29, 1.82) is 0 Å². The molecule has 0 unspecified atom stereocenters. The summed E-state index contributed by atoms with van der Waals surface area (Å²) >= 11 is 0. The van der Waals surface area contributed by atoms with Crippen LogP contribution >= 0.6 is 0 Å². The molecule has 0 bridgehead atoms. The molecule has 4 nitrogen and oxygen atoms in total. The van der Waals surface area contributed by atoms with E-state index < -0.39 is 16.6 Å². The number of anilines is 1. The van der Waals surface area contributed by atoms with Crippen molar-refractivity contribution < 1.29 is 13.6 Å². The molecule has 0 aliphatic heterocycles. The summed E-state index contributed by atoms with van der Waals surface area (Å²) in [5, 5.41) is 0. The van der Waals surface area contributed by atoms with Crippen LogP contribution in [0.1, 0.15) is 54.4 Å². The minimum atomic E-state index is -2.18. The van der Waals surface area contributed by atoms with Gasteiger partial charge in [0, 0.05) is 25.9 Å². The number of para-hydroxylation sites is 1. The Hall–Kier alpha value is -1.12. The Bertz CT molecular complexity index is 611. The minimum Gasteiger partial charge on any atom is -0.518 e. The third-order valence-corrected chi connectivity index (χ3v) is 15.1. The first kappa shape index (κ1) is 26.9. The van der Waals surface area contributed by atoms with E-state index in [9.17, 15) is 4.79 Å². The predicted octanol–water partition coefficient (Wildman–Crippen LogP) is 6.84. The van der Waals surface area contributed by atoms with Crippen LogP contribution in [0.2, 0.25) is 35.8 Å². The maximum Gasteiger partial charge on any atom is 0.294 e. The SMILES string of the molecule is CO[Si](C)(C)CCCN(CCC(=O)O[Si](C(C)C)(C(C)C)C(C)C)c1ccccc1. The molecule has 0 aromatic heterocycles. The number of hydrogen-bond acceptors (Lipinski definition) is 4. The van der Waals surface area contributed by atoms with Gasteiger partial charge in [0.2, 0.25) is 0 Å². The van der Waals surface area contributed by atoms with Crippen LogP contribution in [0.25, 0.3) is 0 Å². The van der Waals surface area contributed by atoms with E-state index in [-0.39, 0.29) is 5.97 Å². The molecule has 0 saturated carbocycles. The summed E-state index contributed by atoms with van der Waals surface area (Å²) in [5.41, 5.74) is 2.40. The number of carbonyl (C=O) groups is 1. The zero-order chi connectivity index (χ0) is 22.9. The molecule has 0 aliphatic carbocycles. The van der Waals surface area contributed by atoms with E-state index in [4.69, 9.17) is 8.85 Å². The zero-order valence-electron chi connectivity index (χ0n) is 20.8. The van der Waals surface area contributed by atoms with E-state index in [1.807, 2.05) is 13.2 Å². The number of rotatable bonds is 13. The van der Waals surface area contributed by atoms with Gasteiger partial charge in [-0.1, -0.05) is 59.7 Å². The first-order chi connectivity index (χ1) is 14.0. The van der Waals surface area contributed by atoms with E-state index in [2.05, 4.69) is 83.8 Å². The second kappa shape index (κ2) is 12.1. The van der Waals surface area contributed by atoms with Gasteiger partial charge in [0.1, 0.15) is 0 Å². The summed E-state index contributed by atoms with van der Waals surface area (Å²) in [6.45, 7) is 19.4. The molecule has 0 fully saturated rings. The lowest BCUT2D eigenvalue weighted by atomic mass is 10.2. The van der Waals surface area contributed by atoms with Crippen LogP contribution in [0, 0.1) is 0 Å². The van der Waals surface area contributed by atoms with Crippen LogP contribution in [0.15, 0.2) is 30.3 Å². The lowest BCUT2D eigenvalue weighted by Crippen LogP contribution is -2.49. The smallest absolute Gasteiger partial charge is 0.294 e. The van der Waals surface area contributed by atoms with E-state index in [1.165, 1.54) is 5.69 Å². The van der Waals surface area contributed by atoms with Crippen molar-refractivity contribution in [3.05, 3.63) is 30.3 Å². The standard InChI is InChI=1S/C24H45NO3Si2/c1-20(2)30(21(3)4,22(5)6)28-24(26)16-18-25(23-14-11-10-12-15-23)17-13-19-29(8,9)27-7/h10-12,14-15,20-22H,13,16-19H2,1-9H3. The van der Waals surface area contributed by atoms with Gasteiger partial charge < -0.3 is 13.8 Å². The molecule has 0 aliphatic rings. The zero-order valence-corrected chi connectivity index (χ0v) is 22.8. The molecule has 0 atom stereocenters. The Balaban J connectivity index is 2.83. The van der Waals surface area contributed by atoms with Gasteiger partial charge in [-0.05, 0) is 54.3 Å². The van der Waals surface area contributed by atoms with Crippen molar-refractivity contribution in [2.45, 2.75) is 90.1 Å². The van der Waals surface area contributed by atoms with Crippen molar-refractivity contribution in [2.24, 2.45) is 0 Å². The third kappa shape index (κ3) is 7.54. The van der Waals surface area contributed by atoms with Gasteiger partial charge in [-0.2, -0.15) is 0 Å². The van der Waals surface area contributed by atoms with Crippen molar-refractivity contribution in [1.82, 2.24) is 0 Å². The molecule has 0 amide bonds. The molecule has 172 valence electrons. The molecule has 0 radical (unpaired) electrons. The molecule has 1 aromatic rings. The summed E-state index contributed by atoms with van der Waals surface area (Å²) in [5.74, 6) is -0.0368. The predicted molar refractivity (Wildman–Crippen MR) is 134 cm³/mol. The van der Waals surface area contributed by atoms with Gasteiger partial charge in [-0.15, -0.1) is 0 Å². The second-order valence-electron chi connectivity index (χ2n) is 9.93. The van der Waals surface area contributed by atoms with Crippen LogP contribution in [-0.2, 0) is 13.6 Å². The normalized spacial score (nSPS) is 12.7. The number of benzene rings is 1. The molecule has 0 N–H and O–H groups in total. The van der Waals surface area contributed by atoms with E-state index in [0.29, 0.717) is 29.6 Å². The average Bonchev–Trinajstić information content (AvgIpc) is 2.68. The first-order valence-electron chi connectivity index (χ1n) is 11.5. The Labute approximate surface area is 187 Å². The third-order valence-electron chi connectivity index (χ3n) is 6.46. The number of nitrogens with zero attached hydrogens (tertiary/aromatic N) is 1. The summed E-state index contributed by atoms with van der Waals surface area (Å²) < 4.78 is 12.0. The topological polar surface area (TPSA) is 38.8 Å². The summed E-state index contributed by atoms with van der Waals surface area (Å²) in [6, 6.07) is 11.5. The minimum absolute atomic E-state index is 0.0368. The van der Waals surface area contributed by atoms with Crippen LogP contribution in [0.5, 0.6) is 0 Å². The quantitative estimate of drug-likeness (QED) is 0.308. The highest BCUT2D eigenvalue weighted by Gasteiger charge is 2.48. The van der Waals surface area contributed by atoms with Crippen molar-refractivity contribution >= 4 is 28.3 Å². The fraction of sp³-hybridized carbons (Fsp3) is 0.708. The molecule has 1 aromatic carbocycles. The van der Waals surface area contributed by atoms with Gasteiger partial charge in [0.25, 0.3) is 14.3 Å². The summed E-state index contributed by atoms with van der Waals surface area (Å²) in [7, 11) is -1.92. The first-order valence-corrected chi connectivity index (χ1v) is 16.8. The molecule has 6 heteroatoms. The van der Waals surface area contributed by atoms with Gasteiger partial charge in [0.15, 0.2) is 8.32 Å².